The maximum absolute atomic E-state index is 13.8. The van der Waals surface area contributed by atoms with Crippen LogP contribution in [-0.2, 0) is 22.1 Å². The van der Waals surface area contributed by atoms with Gasteiger partial charge in [0.25, 0.3) is 0 Å². The summed E-state index contributed by atoms with van der Waals surface area (Å²) in [5.74, 6) is -5.17. The lowest BCUT2D eigenvalue weighted by atomic mass is 10.1. The Hall–Kier alpha value is -2.23. The Bertz CT molecular complexity index is 539. The molecule has 19 heavy (non-hydrogen) atoms. The first-order chi connectivity index (χ1) is 9.10. The van der Waals surface area contributed by atoms with Crippen molar-refractivity contribution in [3.8, 4) is 0 Å². The molecule has 0 fully saturated rings. The fourth-order valence-electron chi connectivity index (χ4n) is 1.58. The Balaban J connectivity index is 2.03. The average molecular weight is 262 g/mol. The number of halogens is 2. The number of ether oxygens (including phenoxy) is 1. The van der Waals surface area contributed by atoms with Crippen LogP contribution in [0.1, 0.15) is 11.1 Å². The van der Waals surface area contributed by atoms with E-state index in [2.05, 4.69) is 4.74 Å². The number of rotatable bonds is 4. The van der Waals surface area contributed by atoms with Gasteiger partial charge in [0.2, 0.25) is 0 Å². The Morgan fingerprint density at radius 2 is 1.47 bits per heavy atom. The van der Waals surface area contributed by atoms with Gasteiger partial charge in [-0.25, -0.2) is 4.79 Å². The molecular formula is C15H12F2O2. The summed E-state index contributed by atoms with van der Waals surface area (Å²) in [6.45, 7) is -0.165. The number of hydrogen-bond acceptors (Lipinski definition) is 2. The van der Waals surface area contributed by atoms with Gasteiger partial charge >= 0.3 is 11.9 Å². The van der Waals surface area contributed by atoms with Crippen LogP contribution in [-0.4, -0.2) is 5.97 Å². The van der Waals surface area contributed by atoms with E-state index in [0.29, 0.717) is 5.56 Å². The molecule has 0 saturated carbocycles. The minimum Gasteiger partial charge on any atom is -0.456 e. The standard InChI is InChI=1S/C15H12F2O2/c16-15(17,13-9-5-2-6-10-13)14(18)19-11-12-7-3-1-4-8-12/h1-10H,11H2. The Morgan fingerprint density at radius 3 is 2.05 bits per heavy atom. The number of carbonyl (C=O) groups is 1. The summed E-state index contributed by atoms with van der Waals surface area (Å²) in [4.78, 5) is 11.5. The van der Waals surface area contributed by atoms with Crippen molar-refractivity contribution in [2.75, 3.05) is 0 Å². The molecule has 0 aliphatic heterocycles. The molecular weight excluding hydrogens is 250 g/mol. The minimum atomic E-state index is -3.63. The number of alkyl halides is 2. The molecule has 0 N–H and O–H groups in total. The van der Waals surface area contributed by atoms with Crippen LogP contribution in [0.3, 0.4) is 0 Å². The third kappa shape index (κ3) is 3.16. The van der Waals surface area contributed by atoms with Crippen LogP contribution in [0.25, 0.3) is 0 Å². The van der Waals surface area contributed by atoms with Crippen molar-refractivity contribution in [1.29, 1.82) is 0 Å². The Morgan fingerprint density at radius 1 is 0.947 bits per heavy atom. The zero-order chi connectivity index (χ0) is 13.7. The number of esters is 1. The highest BCUT2D eigenvalue weighted by atomic mass is 19.3. The second kappa shape index (κ2) is 5.61. The Kier molecular flexibility index (Phi) is 3.90. The smallest absolute Gasteiger partial charge is 0.382 e. The molecule has 0 atom stereocenters. The van der Waals surface area contributed by atoms with Gasteiger partial charge in [0.15, 0.2) is 0 Å². The monoisotopic (exact) mass is 262 g/mol. The highest BCUT2D eigenvalue weighted by Crippen LogP contribution is 2.29. The number of carbonyl (C=O) groups excluding carboxylic acids is 1. The van der Waals surface area contributed by atoms with Gasteiger partial charge in [0, 0.05) is 5.56 Å². The molecule has 2 nitrogen and oxygen atoms in total. The van der Waals surface area contributed by atoms with E-state index in [1.165, 1.54) is 24.3 Å². The van der Waals surface area contributed by atoms with Crippen molar-refractivity contribution in [3.63, 3.8) is 0 Å². The summed E-state index contributed by atoms with van der Waals surface area (Å²) >= 11 is 0. The molecule has 0 spiro atoms. The summed E-state index contributed by atoms with van der Waals surface area (Å²) < 4.78 is 32.2. The molecule has 98 valence electrons. The molecule has 2 aromatic rings. The van der Waals surface area contributed by atoms with E-state index in [0.717, 1.165) is 0 Å². The third-order valence-electron chi connectivity index (χ3n) is 2.61. The van der Waals surface area contributed by atoms with E-state index in [-0.39, 0.29) is 12.2 Å². The predicted octanol–water partition coefficient (Wildman–Crippen LogP) is 3.52. The number of hydrogen-bond donors (Lipinski definition) is 0. The lowest BCUT2D eigenvalue weighted by Gasteiger charge is -2.15. The number of benzene rings is 2. The summed E-state index contributed by atoms with van der Waals surface area (Å²) in [5, 5.41) is 0. The molecule has 0 aliphatic rings. The molecule has 0 aromatic heterocycles. The molecule has 0 bridgehead atoms. The maximum atomic E-state index is 13.8. The molecule has 2 rings (SSSR count). The first-order valence-corrected chi connectivity index (χ1v) is 5.75. The minimum absolute atomic E-state index is 0.165. The molecule has 4 heteroatoms. The van der Waals surface area contributed by atoms with Gasteiger partial charge in [-0.1, -0.05) is 60.7 Å². The van der Waals surface area contributed by atoms with E-state index in [4.69, 9.17) is 0 Å². The highest BCUT2D eigenvalue weighted by Gasteiger charge is 2.42. The fraction of sp³-hybridized carbons (Fsp3) is 0.133. The maximum Gasteiger partial charge on any atom is 0.382 e. The van der Waals surface area contributed by atoms with Gasteiger partial charge in [-0.2, -0.15) is 8.78 Å². The molecule has 0 radical (unpaired) electrons. The molecule has 0 aliphatic carbocycles. The van der Waals surface area contributed by atoms with E-state index >= 15 is 0 Å². The third-order valence-corrected chi connectivity index (χ3v) is 2.61. The SMILES string of the molecule is O=C(OCc1ccccc1)C(F)(F)c1ccccc1. The van der Waals surface area contributed by atoms with Gasteiger partial charge in [-0.3, -0.25) is 0 Å². The molecule has 0 amide bonds. The van der Waals surface area contributed by atoms with Crippen LogP contribution in [0.4, 0.5) is 8.78 Å². The van der Waals surface area contributed by atoms with Crippen LogP contribution in [0.5, 0.6) is 0 Å². The normalized spacial score (nSPS) is 11.1. The second-order valence-corrected chi connectivity index (χ2v) is 4.00. The summed E-state index contributed by atoms with van der Waals surface area (Å²) in [6, 6.07) is 15.6. The average Bonchev–Trinajstić information content (AvgIpc) is 2.46. The van der Waals surface area contributed by atoms with E-state index < -0.39 is 11.9 Å². The van der Waals surface area contributed by atoms with Crippen molar-refractivity contribution < 1.29 is 18.3 Å². The second-order valence-electron chi connectivity index (χ2n) is 4.00. The van der Waals surface area contributed by atoms with Crippen LogP contribution in [0.2, 0.25) is 0 Å². The Labute approximate surface area is 109 Å². The largest absolute Gasteiger partial charge is 0.456 e. The fourth-order valence-corrected chi connectivity index (χ4v) is 1.58. The van der Waals surface area contributed by atoms with Gasteiger partial charge in [-0.15, -0.1) is 0 Å². The predicted molar refractivity (Wildman–Crippen MR) is 66.6 cm³/mol. The summed E-state index contributed by atoms with van der Waals surface area (Å²) in [7, 11) is 0. The van der Waals surface area contributed by atoms with Crippen molar-refractivity contribution in [1.82, 2.24) is 0 Å². The zero-order valence-corrected chi connectivity index (χ0v) is 10.1. The quantitative estimate of drug-likeness (QED) is 0.788. The first kappa shape index (κ1) is 13.2. The van der Waals surface area contributed by atoms with Gasteiger partial charge in [0.1, 0.15) is 6.61 Å². The lowest BCUT2D eigenvalue weighted by Crippen LogP contribution is -2.28. The highest BCUT2D eigenvalue weighted by molar-refractivity contribution is 5.79. The summed E-state index contributed by atoms with van der Waals surface area (Å²) in [6.07, 6.45) is 0. The molecule has 0 unspecified atom stereocenters. The zero-order valence-electron chi connectivity index (χ0n) is 10.1. The van der Waals surface area contributed by atoms with Crippen molar-refractivity contribution in [2.45, 2.75) is 12.5 Å². The van der Waals surface area contributed by atoms with Crippen LogP contribution in [0.15, 0.2) is 60.7 Å². The van der Waals surface area contributed by atoms with Crippen molar-refractivity contribution >= 4 is 5.97 Å². The first-order valence-electron chi connectivity index (χ1n) is 5.75. The molecule has 0 saturated heterocycles. The molecule has 2 aromatic carbocycles. The van der Waals surface area contributed by atoms with Crippen molar-refractivity contribution in [2.24, 2.45) is 0 Å². The van der Waals surface area contributed by atoms with E-state index in [1.807, 2.05) is 0 Å². The van der Waals surface area contributed by atoms with E-state index in [1.54, 1.807) is 36.4 Å². The van der Waals surface area contributed by atoms with E-state index in [9.17, 15) is 13.6 Å². The molecule has 0 heterocycles. The topological polar surface area (TPSA) is 26.3 Å². The van der Waals surface area contributed by atoms with Gasteiger partial charge in [0.05, 0.1) is 0 Å². The summed E-state index contributed by atoms with van der Waals surface area (Å²) in [5.41, 5.74) is 0.299. The lowest BCUT2D eigenvalue weighted by molar-refractivity contribution is -0.175. The van der Waals surface area contributed by atoms with Crippen LogP contribution in [0, 0.1) is 0 Å². The van der Waals surface area contributed by atoms with Gasteiger partial charge in [-0.05, 0) is 5.56 Å². The van der Waals surface area contributed by atoms with Crippen LogP contribution >= 0.6 is 0 Å². The van der Waals surface area contributed by atoms with Crippen LogP contribution < -0.4 is 0 Å². The van der Waals surface area contributed by atoms with Gasteiger partial charge < -0.3 is 4.74 Å². The van der Waals surface area contributed by atoms with Crippen molar-refractivity contribution in [3.05, 3.63) is 71.8 Å².